The van der Waals surface area contributed by atoms with Gasteiger partial charge in [0, 0.05) is 37.3 Å². The van der Waals surface area contributed by atoms with Crippen molar-refractivity contribution in [2.75, 3.05) is 13.1 Å². The van der Waals surface area contributed by atoms with E-state index in [1.807, 2.05) is 13.0 Å². The highest BCUT2D eigenvalue weighted by Crippen LogP contribution is 2.26. The van der Waals surface area contributed by atoms with Crippen molar-refractivity contribution in [2.24, 2.45) is 5.92 Å². The van der Waals surface area contributed by atoms with Crippen LogP contribution in [0.15, 0.2) is 24.3 Å². The third-order valence-corrected chi connectivity index (χ3v) is 6.36. The maximum Gasteiger partial charge on any atom is 0.268 e. The van der Waals surface area contributed by atoms with Crippen molar-refractivity contribution in [2.45, 2.75) is 59.0 Å². The van der Waals surface area contributed by atoms with E-state index in [0.717, 1.165) is 60.8 Å². The number of carbonyl (C=O) groups is 2. The molecule has 1 aliphatic heterocycles. The maximum absolute atomic E-state index is 12.8. The molecule has 0 unspecified atom stereocenters. The zero-order valence-corrected chi connectivity index (χ0v) is 17.5. The van der Waals surface area contributed by atoms with Crippen LogP contribution in [0.1, 0.15) is 75.8 Å². The average Bonchev–Trinajstić information content (AvgIpc) is 3.05. The van der Waals surface area contributed by atoms with Gasteiger partial charge < -0.3 is 10.3 Å². The number of hydrogen-bond donors (Lipinski definition) is 2. The Balaban J connectivity index is 1.44. The van der Waals surface area contributed by atoms with Crippen LogP contribution in [0.5, 0.6) is 0 Å². The number of nitrogens with zero attached hydrogens (tertiary/aromatic N) is 1. The van der Waals surface area contributed by atoms with Crippen LogP contribution in [0.2, 0.25) is 0 Å². The van der Waals surface area contributed by atoms with Gasteiger partial charge in [-0.15, -0.1) is 0 Å². The van der Waals surface area contributed by atoms with Gasteiger partial charge in [-0.3, -0.25) is 14.5 Å². The van der Waals surface area contributed by atoms with Crippen molar-refractivity contribution in [3.8, 4) is 0 Å². The van der Waals surface area contributed by atoms with Gasteiger partial charge >= 0.3 is 0 Å². The molecule has 1 saturated heterocycles. The lowest BCUT2D eigenvalue weighted by Gasteiger charge is -2.31. The summed E-state index contributed by atoms with van der Waals surface area (Å²) >= 11 is 0. The van der Waals surface area contributed by atoms with E-state index in [2.05, 4.69) is 40.3 Å². The topological polar surface area (TPSA) is 65.2 Å². The first-order chi connectivity index (χ1) is 14.0. The van der Waals surface area contributed by atoms with Crippen molar-refractivity contribution < 1.29 is 9.59 Å². The van der Waals surface area contributed by atoms with Crippen molar-refractivity contribution in [1.82, 2.24) is 15.2 Å². The second-order valence-corrected chi connectivity index (χ2v) is 8.69. The Morgan fingerprint density at radius 1 is 1.21 bits per heavy atom. The third-order valence-electron chi connectivity index (χ3n) is 6.36. The van der Waals surface area contributed by atoms with Gasteiger partial charge in [-0.05, 0) is 61.8 Å². The number of hydrogen-bond acceptors (Lipinski definition) is 3. The zero-order valence-electron chi connectivity index (χ0n) is 17.5. The molecule has 1 aliphatic carbocycles. The number of H-pyrrole nitrogens is 1. The molecule has 0 spiro atoms. The minimum atomic E-state index is -0.133. The van der Waals surface area contributed by atoms with Gasteiger partial charge in [-0.25, -0.2) is 0 Å². The van der Waals surface area contributed by atoms with Crippen LogP contribution in [0, 0.1) is 12.8 Å². The van der Waals surface area contributed by atoms with E-state index in [0.29, 0.717) is 18.7 Å². The van der Waals surface area contributed by atoms with Crippen LogP contribution in [-0.4, -0.2) is 34.7 Å². The molecule has 1 amide bonds. The SMILES string of the molecule is Cc1c(C(=O)NCc2ccccc2CN2CCC[C@H](C)C2)[nH]c2c1C(=O)CCC2. The number of aromatic nitrogens is 1. The highest BCUT2D eigenvalue weighted by molar-refractivity contribution is 6.04. The molecule has 1 atom stereocenters. The van der Waals surface area contributed by atoms with E-state index in [-0.39, 0.29) is 11.7 Å². The number of aromatic amines is 1. The molecule has 0 bridgehead atoms. The Morgan fingerprint density at radius 3 is 2.76 bits per heavy atom. The lowest BCUT2D eigenvalue weighted by atomic mass is 9.94. The number of aryl methyl sites for hydroxylation is 1. The Kier molecular flexibility index (Phi) is 5.86. The fourth-order valence-corrected chi connectivity index (χ4v) is 4.82. The largest absolute Gasteiger partial charge is 0.354 e. The van der Waals surface area contributed by atoms with Crippen LogP contribution < -0.4 is 5.32 Å². The molecule has 5 heteroatoms. The molecule has 0 saturated carbocycles. The molecule has 1 aromatic heterocycles. The Morgan fingerprint density at radius 2 is 2.00 bits per heavy atom. The van der Waals surface area contributed by atoms with Gasteiger partial charge in [0.15, 0.2) is 5.78 Å². The first-order valence-electron chi connectivity index (χ1n) is 10.8. The number of nitrogens with one attached hydrogen (secondary N) is 2. The minimum absolute atomic E-state index is 0.133. The molecule has 2 aromatic rings. The van der Waals surface area contributed by atoms with Gasteiger partial charge in [-0.2, -0.15) is 0 Å². The standard InChI is InChI=1S/C24H31N3O2/c1-16-7-6-12-27(14-16)15-19-9-4-3-8-18(19)13-25-24(29)23-17(2)22-20(26-23)10-5-11-21(22)28/h3-4,8-9,16,26H,5-7,10-15H2,1-2H3,(H,25,29)/t16-/m0/s1. The average molecular weight is 394 g/mol. The third kappa shape index (κ3) is 4.30. The van der Waals surface area contributed by atoms with Crippen LogP contribution >= 0.6 is 0 Å². The number of likely N-dealkylation sites (tertiary alicyclic amines) is 1. The number of amides is 1. The van der Waals surface area contributed by atoms with E-state index in [1.165, 1.54) is 18.4 Å². The summed E-state index contributed by atoms with van der Waals surface area (Å²) in [5.74, 6) is 0.770. The molecule has 154 valence electrons. The van der Waals surface area contributed by atoms with Gasteiger partial charge in [0.1, 0.15) is 5.69 Å². The first kappa shape index (κ1) is 19.9. The van der Waals surface area contributed by atoms with E-state index in [1.54, 1.807) is 0 Å². The molecule has 5 nitrogen and oxygen atoms in total. The highest BCUT2D eigenvalue weighted by Gasteiger charge is 2.26. The summed E-state index contributed by atoms with van der Waals surface area (Å²) in [6.45, 7) is 7.91. The molecular formula is C24H31N3O2. The van der Waals surface area contributed by atoms with Gasteiger partial charge in [0.2, 0.25) is 0 Å². The number of benzene rings is 1. The number of ketones is 1. The van der Waals surface area contributed by atoms with Crippen molar-refractivity contribution >= 4 is 11.7 Å². The van der Waals surface area contributed by atoms with Crippen LogP contribution in [0.4, 0.5) is 0 Å². The first-order valence-corrected chi connectivity index (χ1v) is 10.8. The van der Waals surface area contributed by atoms with Crippen molar-refractivity contribution in [1.29, 1.82) is 0 Å². The van der Waals surface area contributed by atoms with E-state index < -0.39 is 0 Å². The Labute approximate surface area is 172 Å². The van der Waals surface area contributed by atoms with Crippen molar-refractivity contribution in [3.63, 3.8) is 0 Å². The van der Waals surface area contributed by atoms with E-state index in [4.69, 9.17) is 0 Å². The molecule has 29 heavy (non-hydrogen) atoms. The Hall–Kier alpha value is -2.40. The molecule has 4 rings (SSSR count). The predicted octanol–water partition coefficient (Wildman–Crippen LogP) is 4.00. The number of Topliss-reactive ketones (excluding diaryl/α,β-unsaturated/α-hetero) is 1. The molecule has 1 fully saturated rings. The van der Waals surface area contributed by atoms with Gasteiger partial charge in [0.25, 0.3) is 5.91 Å². The van der Waals surface area contributed by atoms with Crippen molar-refractivity contribution in [3.05, 3.63) is 57.9 Å². The van der Waals surface area contributed by atoms with Crippen LogP contribution in [0.25, 0.3) is 0 Å². The van der Waals surface area contributed by atoms with E-state index >= 15 is 0 Å². The lowest BCUT2D eigenvalue weighted by molar-refractivity contribution is 0.0944. The normalized spacial score (nSPS) is 19.8. The molecule has 2 N–H and O–H groups in total. The summed E-state index contributed by atoms with van der Waals surface area (Å²) in [5, 5.41) is 3.07. The molecule has 2 aliphatic rings. The van der Waals surface area contributed by atoms with Gasteiger partial charge in [0.05, 0.1) is 0 Å². The van der Waals surface area contributed by atoms with Crippen LogP contribution in [-0.2, 0) is 19.5 Å². The fourth-order valence-electron chi connectivity index (χ4n) is 4.82. The molecule has 2 heterocycles. The number of rotatable bonds is 5. The monoisotopic (exact) mass is 393 g/mol. The van der Waals surface area contributed by atoms with Gasteiger partial charge in [-0.1, -0.05) is 31.2 Å². The maximum atomic E-state index is 12.8. The molecule has 0 radical (unpaired) electrons. The second kappa shape index (κ2) is 8.54. The summed E-state index contributed by atoms with van der Waals surface area (Å²) in [7, 11) is 0. The van der Waals surface area contributed by atoms with Crippen LogP contribution in [0.3, 0.4) is 0 Å². The quantitative estimate of drug-likeness (QED) is 0.807. The summed E-state index contributed by atoms with van der Waals surface area (Å²) in [6.07, 6.45) is 4.85. The zero-order chi connectivity index (χ0) is 20.4. The number of fused-ring (bicyclic) bond motifs is 1. The number of carbonyl (C=O) groups excluding carboxylic acids is 2. The highest BCUT2D eigenvalue weighted by atomic mass is 16.2. The second-order valence-electron chi connectivity index (χ2n) is 8.69. The summed E-state index contributed by atoms with van der Waals surface area (Å²) in [6, 6.07) is 8.36. The van der Waals surface area contributed by atoms with E-state index in [9.17, 15) is 9.59 Å². The lowest BCUT2D eigenvalue weighted by Crippen LogP contribution is -2.34. The summed E-state index contributed by atoms with van der Waals surface area (Å²) in [5.41, 5.74) is 5.42. The minimum Gasteiger partial charge on any atom is -0.354 e. The fraction of sp³-hybridized carbons (Fsp3) is 0.500. The predicted molar refractivity (Wildman–Crippen MR) is 114 cm³/mol. The summed E-state index contributed by atoms with van der Waals surface area (Å²) in [4.78, 5) is 30.8. The number of piperidine rings is 1. The molecule has 1 aromatic carbocycles. The smallest absolute Gasteiger partial charge is 0.268 e. The molecular weight excluding hydrogens is 362 g/mol. The summed E-state index contributed by atoms with van der Waals surface area (Å²) < 4.78 is 0. The Bertz CT molecular complexity index is 915.